The van der Waals surface area contributed by atoms with Gasteiger partial charge in [0.2, 0.25) is 0 Å². The van der Waals surface area contributed by atoms with Gasteiger partial charge in [-0.2, -0.15) is 0 Å². The number of hydrogen-bond donors (Lipinski definition) is 5. The molecule has 0 spiro atoms. The van der Waals surface area contributed by atoms with Crippen molar-refractivity contribution in [3.63, 3.8) is 0 Å². The molecule has 0 bridgehead atoms. The Kier molecular flexibility index (Phi) is 4.50. The van der Waals surface area contributed by atoms with Crippen molar-refractivity contribution in [3.05, 3.63) is 71.1 Å². The van der Waals surface area contributed by atoms with Crippen LogP contribution in [-0.2, 0) is 0 Å². The van der Waals surface area contributed by atoms with Crippen molar-refractivity contribution in [2.75, 3.05) is 0 Å². The van der Waals surface area contributed by atoms with Crippen molar-refractivity contribution in [2.45, 2.75) is 31.3 Å². The lowest BCUT2D eigenvalue weighted by atomic mass is 9.95. The van der Waals surface area contributed by atoms with Gasteiger partial charge in [-0.05, 0) is 24.1 Å². The fourth-order valence-corrected chi connectivity index (χ4v) is 3.71. The fourth-order valence-electron chi connectivity index (χ4n) is 3.71. The van der Waals surface area contributed by atoms with Crippen LogP contribution in [0.25, 0.3) is 11.1 Å². The van der Waals surface area contributed by atoms with Gasteiger partial charge in [0.1, 0.15) is 18.3 Å². The number of piperidine rings is 1. The molecule has 7 nitrogen and oxygen atoms in total. The number of amides is 1. The Morgan fingerprint density at radius 1 is 1.00 bits per heavy atom. The molecular formula is C21H20N2O5. The minimum Gasteiger partial charge on any atom is -0.388 e. The van der Waals surface area contributed by atoms with Gasteiger partial charge in [0.05, 0.1) is 17.3 Å². The van der Waals surface area contributed by atoms with Crippen LogP contribution in [0, 0.1) is 0 Å². The van der Waals surface area contributed by atoms with Gasteiger partial charge in [-0.1, -0.05) is 36.4 Å². The minimum atomic E-state index is -1.36. The molecule has 4 rings (SSSR count). The zero-order chi connectivity index (χ0) is 20.0. The lowest BCUT2D eigenvalue weighted by molar-refractivity contribution is -0.0759. The quantitative estimate of drug-likeness (QED) is 0.443. The summed E-state index contributed by atoms with van der Waals surface area (Å²) < 4.78 is 0. The van der Waals surface area contributed by atoms with E-state index in [9.17, 15) is 24.9 Å². The summed E-state index contributed by atoms with van der Waals surface area (Å²) in [7, 11) is 0. The molecule has 0 saturated carbocycles. The molecule has 5 N–H and O–H groups in total. The summed E-state index contributed by atoms with van der Waals surface area (Å²) in [4.78, 5) is 25.5. The molecule has 0 unspecified atom stereocenters. The Morgan fingerprint density at radius 3 is 2.43 bits per heavy atom. The summed E-state index contributed by atoms with van der Waals surface area (Å²) >= 11 is 0. The first kappa shape index (κ1) is 18.4. The molecule has 1 amide bonds. The van der Waals surface area contributed by atoms with Gasteiger partial charge in [0.15, 0.2) is 5.78 Å². The number of carbonyl (C=O) groups is 2. The summed E-state index contributed by atoms with van der Waals surface area (Å²) in [5, 5.41) is 35.2. The maximum Gasteiger partial charge on any atom is 0.256 e. The number of aliphatic hydroxyl groups is 3. The zero-order valence-corrected chi connectivity index (χ0v) is 15.1. The number of benzene rings is 2. The molecule has 2 aromatic carbocycles. The highest BCUT2D eigenvalue weighted by Gasteiger charge is 2.37. The molecule has 1 fully saturated rings. The fraction of sp³-hybridized carbons (Fsp3) is 0.238. The van der Waals surface area contributed by atoms with Crippen molar-refractivity contribution >= 4 is 11.7 Å². The van der Waals surface area contributed by atoms with E-state index >= 15 is 0 Å². The van der Waals surface area contributed by atoms with Crippen LogP contribution in [0.5, 0.6) is 0 Å². The minimum absolute atomic E-state index is 0.181. The van der Waals surface area contributed by atoms with E-state index in [1.807, 2.05) is 12.1 Å². The Morgan fingerprint density at radius 2 is 1.68 bits per heavy atom. The molecule has 1 aliphatic carbocycles. The largest absolute Gasteiger partial charge is 0.388 e. The zero-order valence-electron chi connectivity index (χ0n) is 15.1. The molecule has 0 radical (unpaired) electrons. The van der Waals surface area contributed by atoms with Gasteiger partial charge < -0.3 is 26.0 Å². The molecule has 0 aromatic heterocycles. The van der Waals surface area contributed by atoms with E-state index in [1.165, 1.54) is 6.20 Å². The standard InChI is InChI=1S/C21H20N2O5/c1-10-17(24)20(27)19(26)15(23-10)9-22-21(28)14-8-4-7-12-11-5-2-3-6-13(11)18(25)16(12)14/h2-10,17,19-20,23-24,26-27H,1H3,(H,22,28)/b15-9-/t10-,17+,19+,20+/m0/s1. The highest BCUT2D eigenvalue weighted by molar-refractivity contribution is 6.25. The maximum absolute atomic E-state index is 12.8. The smallest absolute Gasteiger partial charge is 0.256 e. The van der Waals surface area contributed by atoms with Gasteiger partial charge in [0, 0.05) is 17.3 Å². The van der Waals surface area contributed by atoms with Crippen LogP contribution in [0.1, 0.15) is 33.2 Å². The van der Waals surface area contributed by atoms with Crippen LogP contribution < -0.4 is 10.6 Å². The van der Waals surface area contributed by atoms with E-state index in [1.54, 1.807) is 37.3 Å². The second-order valence-corrected chi connectivity index (χ2v) is 7.04. The molecular weight excluding hydrogens is 360 g/mol. The predicted octanol–water partition coefficient (Wildman–Crippen LogP) is 0.544. The third-order valence-electron chi connectivity index (χ3n) is 5.26. The van der Waals surface area contributed by atoms with E-state index in [2.05, 4.69) is 10.6 Å². The second kappa shape index (κ2) is 6.87. The maximum atomic E-state index is 12.8. The lowest BCUT2D eigenvalue weighted by Gasteiger charge is -2.36. The molecule has 144 valence electrons. The number of fused-ring (bicyclic) bond motifs is 3. The second-order valence-electron chi connectivity index (χ2n) is 7.04. The number of rotatable bonds is 2. The highest BCUT2D eigenvalue weighted by atomic mass is 16.4. The van der Waals surface area contributed by atoms with Crippen LogP contribution in [0.2, 0.25) is 0 Å². The monoisotopic (exact) mass is 380 g/mol. The van der Waals surface area contributed by atoms with Gasteiger partial charge >= 0.3 is 0 Å². The summed E-state index contributed by atoms with van der Waals surface area (Å²) in [5.74, 6) is -0.709. The van der Waals surface area contributed by atoms with E-state index in [0.29, 0.717) is 16.7 Å². The first-order valence-electron chi connectivity index (χ1n) is 8.99. The van der Waals surface area contributed by atoms with Crippen molar-refractivity contribution in [2.24, 2.45) is 0 Å². The summed E-state index contributed by atoms with van der Waals surface area (Å²) in [6, 6.07) is 11.8. The normalized spacial score (nSPS) is 27.1. The van der Waals surface area contributed by atoms with E-state index in [-0.39, 0.29) is 17.0 Å². The first-order valence-corrected chi connectivity index (χ1v) is 8.99. The molecule has 1 aliphatic heterocycles. The summed E-state index contributed by atoms with van der Waals surface area (Å²) in [6.45, 7) is 1.65. The molecule has 7 heteroatoms. The van der Waals surface area contributed by atoms with Gasteiger partial charge in [0.25, 0.3) is 5.91 Å². The number of hydrogen-bond acceptors (Lipinski definition) is 6. The average Bonchev–Trinajstić information content (AvgIpc) is 3.01. The van der Waals surface area contributed by atoms with Gasteiger partial charge in [-0.3, -0.25) is 9.59 Å². The lowest BCUT2D eigenvalue weighted by Crippen LogP contribution is -2.57. The molecule has 2 aromatic rings. The third-order valence-corrected chi connectivity index (χ3v) is 5.26. The van der Waals surface area contributed by atoms with Crippen LogP contribution in [0.3, 0.4) is 0 Å². The highest BCUT2D eigenvalue weighted by Crippen LogP contribution is 2.38. The topological polar surface area (TPSA) is 119 Å². The van der Waals surface area contributed by atoms with Crippen molar-refractivity contribution < 1.29 is 24.9 Å². The first-order chi connectivity index (χ1) is 13.4. The van der Waals surface area contributed by atoms with E-state index in [0.717, 1.165) is 5.56 Å². The SMILES string of the molecule is C[C@@H]1N/C(=C\NC(=O)c2cccc3c2C(=O)c2ccccc2-3)[C@@H](O)[C@H](O)[C@@H]1O. The number of ketones is 1. The number of aliphatic hydroxyl groups excluding tert-OH is 3. The Hall–Kier alpha value is -3.00. The van der Waals surface area contributed by atoms with Crippen LogP contribution in [0.4, 0.5) is 0 Å². The number of nitrogens with one attached hydrogen (secondary N) is 2. The van der Waals surface area contributed by atoms with Gasteiger partial charge in [-0.25, -0.2) is 0 Å². The Labute approximate surface area is 161 Å². The molecule has 1 saturated heterocycles. The van der Waals surface area contributed by atoms with Crippen molar-refractivity contribution in [3.8, 4) is 11.1 Å². The molecule has 1 heterocycles. The van der Waals surface area contributed by atoms with E-state index in [4.69, 9.17) is 0 Å². The Balaban J connectivity index is 1.62. The average molecular weight is 380 g/mol. The summed E-state index contributed by atoms with van der Waals surface area (Å²) in [5.41, 5.74) is 2.83. The summed E-state index contributed by atoms with van der Waals surface area (Å²) in [6.07, 6.45) is -2.60. The van der Waals surface area contributed by atoms with Crippen molar-refractivity contribution in [1.29, 1.82) is 0 Å². The van der Waals surface area contributed by atoms with Crippen LogP contribution >= 0.6 is 0 Å². The predicted molar refractivity (Wildman–Crippen MR) is 101 cm³/mol. The van der Waals surface area contributed by atoms with Crippen LogP contribution in [-0.4, -0.2) is 51.4 Å². The molecule has 28 heavy (non-hydrogen) atoms. The van der Waals surface area contributed by atoms with Gasteiger partial charge in [-0.15, -0.1) is 0 Å². The number of carbonyl (C=O) groups excluding carboxylic acids is 2. The van der Waals surface area contributed by atoms with Crippen LogP contribution in [0.15, 0.2) is 54.4 Å². The molecule has 4 atom stereocenters. The van der Waals surface area contributed by atoms with E-state index < -0.39 is 30.3 Å². The third kappa shape index (κ3) is 2.80. The Bertz CT molecular complexity index is 1000. The molecule has 2 aliphatic rings. The van der Waals surface area contributed by atoms with Crippen molar-refractivity contribution in [1.82, 2.24) is 10.6 Å².